The molecule has 0 heterocycles. The lowest BCUT2D eigenvalue weighted by molar-refractivity contribution is -0.151. The largest absolute Gasteiger partial charge is 0.497 e. The van der Waals surface area contributed by atoms with Crippen molar-refractivity contribution >= 4 is 11.6 Å². The van der Waals surface area contributed by atoms with Crippen molar-refractivity contribution in [1.29, 1.82) is 0 Å². The van der Waals surface area contributed by atoms with Crippen molar-refractivity contribution in [3.05, 3.63) is 24.3 Å². The molecule has 0 aliphatic heterocycles. The van der Waals surface area contributed by atoms with Gasteiger partial charge >= 0.3 is 0 Å². The molecule has 0 radical (unpaired) electrons. The van der Waals surface area contributed by atoms with Crippen LogP contribution < -0.4 is 10.1 Å². The molecule has 4 saturated carbocycles. The van der Waals surface area contributed by atoms with E-state index in [1.165, 1.54) is 38.5 Å². The lowest BCUT2D eigenvalue weighted by Crippen LogP contribution is -2.56. The second kappa shape index (κ2) is 5.50. The molecule has 130 valence electrons. The standard InChI is InChI=1S/C21H29NO2/c1-20(2,19(23)22-17-5-4-6-18(10-17)24-3)21-11-14-7-15(12-21)9-16(8-14)13-21/h4-6,10,14-16H,7-9,11-13H2,1-3H3,(H,22,23). The van der Waals surface area contributed by atoms with Crippen molar-refractivity contribution < 1.29 is 9.53 Å². The van der Waals surface area contributed by atoms with Gasteiger partial charge in [-0.3, -0.25) is 4.79 Å². The van der Waals surface area contributed by atoms with Gasteiger partial charge < -0.3 is 10.1 Å². The summed E-state index contributed by atoms with van der Waals surface area (Å²) in [7, 11) is 1.65. The van der Waals surface area contributed by atoms with Crippen molar-refractivity contribution in [3.63, 3.8) is 0 Å². The third-order valence-electron chi connectivity index (χ3n) is 7.26. The molecule has 1 amide bonds. The van der Waals surface area contributed by atoms with E-state index in [2.05, 4.69) is 19.2 Å². The molecule has 5 rings (SSSR count). The van der Waals surface area contributed by atoms with E-state index in [1.807, 2.05) is 24.3 Å². The van der Waals surface area contributed by atoms with Gasteiger partial charge in [0.05, 0.1) is 7.11 Å². The highest BCUT2D eigenvalue weighted by molar-refractivity contribution is 5.95. The number of benzene rings is 1. The fourth-order valence-electron chi connectivity index (χ4n) is 6.11. The smallest absolute Gasteiger partial charge is 0.230 e. The Labute approximate surface area is 145 Å². The van der Waals surface area contributed by atoms with E-state index in [4.69, 9.17) is 4.74 Å². The summed E-state index contributed by atoms with van der Waals surface area (Å²) in [5.41, 5.74) is 0.703. The maximum Gasteiger partial charge on any atom is 0.230 e. The Morgan fingerprint density at radius 1 is 1.12 bits per heavy atom. The van der Waals surface area contributed by atoms with Crippen LogP contribution in [0.25, 0.3) is 0 Å². The van der Waals surface area contributed by atoms with E-state index in [-0.39, 0.29) is 16.7 Å². The van der Waals surface area contributed by atoms with Gasteiger partial charge in [0.1, 0.15) is 5.75 Å². The van der Waals surface area contributed by atoms with Crippen molar-refractivity contribution in [3.8, 4) is 5.75 Å². The number of ether oxygens (including phenoxy) is 1. The molecule has 4 bridgehead atoms. The quantitative estimate of drug-likeness (QED) is 0.856. The van der Waals surface area contributed by atoms with Gasteiger partial charge in [0.2, 0.25) is 5.91 Å². The molecule has 0 aromatic heterocycles. The van der Waals surface area contributed by atoms with Gasteiger partial charge in [-0.25, -0.2) is 0 Å². The Bertz CT molecular complexity index is 614. The molecule has 4 aliphatic rings. The predicted molar refractivity (Wildman–Crippen MR) is 96.0 cm³/mol. The summed E-state index contributed by atoms with van der Waals surface area (Å²) in [4.78, 5) is 13.2. The summed E-state index contributed by atoms with van der Waals surface area (Å²) < 4.78 is 5.27. The molecule has 0 unspecified atom stereocenters. The van der Waals surface area contributed by atoms with Gasteiger partial charge in [-0.1, -0.05) is 19.9 Å². The van der Waals surface area contributed by atoms with Gasteiger partial charge in [-0.2, -0.15) is 0 Å². The van der Waals surface area contributed by atoms with Gasteiger partial charge in [0, 0.05) is 17.2 Å². The SMILES string of the molecule is COc1cccc(NC(=O)C(C)(C)C23CC4CC(CC(C4)C2)C3)c1. The van der Waals surface area contributed by atoms with Crippen LogP contribution in [0.15, 0.2) is 24.3 Å². The van der Waals surface area contributed by atoms with Crippen LogP contribution in [-0.4, -0.2) is 13.0 Å². The minimum absolute atomic E-state index is 0.165. The first-order valence-corrected chi connectivity index (χ1v) is 9.37. The van der Waals surface area contributed by atoms with Crippen molar-refractivity contribution in [1.82, 2.24) is 0 Å². The van der Waals surface area contributed by atoms with E-state index < -0.39 is 0 Å². The predicted octanol–water partition coefficient (Wildman–Crippen LogP) is 4.88. The van der Waals surface area contributed by atoms with Crippen LogP contribution >= 0.6 is 0 Å². The lowest BCUT2D eigenvalue weighted by Gasteiger charge is -2.61. The van der Waals surface area contributed by atoms with E-state index in [9.17, 15) is 4.79 Å². The van der Waals surface area contributed by atoms with Crippen LogP contribution in [0, 0.1) is 28.6 Å². The maximum atomic E-state index is 13.2. The van der Waals surface area contributed by atoms with Crippen LogP contribution in [0.1, 0.15) is 52.4 Å². The summed E-state index contributed by atoms with van der Waals surface area (Å²) in [5, 5.41) is 3.16. The third kappa shape index (κ3) is 2.44. The number of nitrogens with one attached hydrogen (secondary N) is 1. The molecule has 4 aliphatic carbocycles. The zero-order chi connectivity index (χ0) is 16.9. The summed E-state index contributed by atoms with van der Waals surface area (Å²) in [6, 6.07) is 7.66. The van der Waals surface area contributed by atoms with Gasteiger partial charge in [-0.15, -0.1) is 0 Å². The first-order valence-electron chi connectivity index (χ1n) is 9.37. The van der Waals surface area contributed by atoms with E-state index in [0.717, 1.165) is 29.2 Å². The Morgan fingerprint density at radius 3 is 2.25 bits per heavy atom. The molecule has 0 spiro atoms. The summed E-state index contributed by atoms with van der Waals surface area (Å²) in [6.45, 7) is 4.35. The minimum atomic E-state index is -0.327. The second-order valence-corrected chi connectivity index (χ2v) is 9.01. The molecule has 4 fully saturated rings. The molecule has 0 saturated heterocycles. The Hall–Kier alpha value is -1.51. The number of carbonyl (C=O) groups excluding carboxylic acids is 1. The molecule has 3 nitrogen and oxygen atoms in total. The van der Waals surface area contributed by atoms with E-state index in [1.54, 1.807) is 7.11 Å². The molecule has 24 heavy (non-hydrogen) atoms. The molecule has 3 heteroatoms. The Kier molecular flexibility index (Phi) is 3.67. The summed E-state index contributed by atoms with van der Waals surface area (Å²) in [5.74, 6) is 3.53. The van der Waals surface area contributed by atoms with Gasteiger partial charge in [0.25, 0.3) is 0 Å². The van der Waals surface area contributed by atoms with Crippen molar-refractivity contribution in [2.75, 3.05) is 12.4 Å². The maximum absolute atomic E-state index is 13.2. The number of hydrogen-bond acceptors (Lipinski definition) is 2. The highest BCUT2D eigenvalue weighted by Gasteiger charge is 2.59. The lowest BCUT2D eigenvalue weighted by atomic mass is 9.43. The number of carbonyl (C=O) groups is 1. The average Bonchev–Trinajstić information content (AvgIpc) is 2.53. The number of hydrogen-bond donors (Lipinski definition) is 1. The zero-order valence-electron chi connectivity index (χ0n) is 15.1. The average molecular weight is 327 g/mol. The van der Waals surface area contributed by atoms with Gasteiger partial charge in [-0.05, 0) is 73.8 Å². The van der Waals surface area contributed by atoms with Crippen LogP contribution in [-0.2, 0) is 4.79 Å². The highest BCUT2D eigenvalue weighted by Crippen LogP contribution is 2.66. The minimum Gasteiger partial charge on any atom is -0.497 e. The number of methoxy groups -OCH3 is 1. The molecule has 1 aromatic rings. The van der Waals surface area contributed by atoms with E-state index >= 15 is 0 Å². The van der Waals surface area contributed by atoms with Crippen LogP contribution in [0.4, 0.5) is 5.69 Å². The monoisotopic (exact) mass is 327 g/mol. The first-order chi connectivity index (χ1) is 11.4. The fourth-order valence-corrected chi connectivity index (χ4v) is 6.11. The molecule has 1 N–H and O–H groups in total. The topological polar surface area (TPSA) is 38.3 Å². The van der Waals surface area contributed by atoms with Gasteiger partial charge in [0.15, 0.2) is 0 Å². The Balaban J connectivity index is 1.56. The fraction of sp³-hybridized carbons (Fsp3) is 0.667. The summed E-state index contributed by atoms with van der Waals surface area (Å²) in [6.07, 6.45) is 7.97. The molecule has 0 atom stereocenters. The molecular weight excluding hydrogens is 298 g/mol. The first kappa shape index (κ1) is 16.0. The number of amides is 1. The second-order valence-electron chi connectivity index (χ2n) is 9.01. The third-order valence-corrected chi connectivity index (χ3v) is 7.26. The summed E-state index contributed by atoms with van der Waals surface area (Å²) >= 11 is 0. The molecular formula is C21H29NO2. The van der Waals surface area contributed by atoms with Crippen LogP contribution in [0.2, 0.25) is 0 Å². The van der Waals surface area contributed by atoms with Crippen LogP contribution in [0.5, 0.6) is 5.75 Å². The number of rotatable bonds is 4. The molecule has 1 aromatic carbocycles. The van der Waals surface area contributed by atoms with E-state index in [0.29, 0.717) is 0 Å². The Morgan fingerprint density at radius 2 is 1.71 bits per heavy atom. The number of anilines is 1. The van der Waals surface area contributed by atoms with Crippen molar-refractivity contribution in [2.24, 2.45) is 28.6 Å². The highest BCUT2D eigenvalue weighted by atomic mass is 16.5. The normalized spacial score (nSPS) is 34.2. The van der Waals surface area contributed by atoms with Crippen LogP contribution in [0.3, 0.4) is 0 Å². The van der Waals surface area contributed by atoms with Crippen molar-refractivity contribution in [2.45, 2.75) is 52.4 Å². The zero-order valence-corrected chi connectivity index (χ0v) is 15.1.